The van der Waals surface area contributed by atoms with E-state index >= 15 is 0 Å². The molecule has 2 N–H and O–H groups in total. The SMILES string of the molecule is COCc1cccc(-n2nnnc2-c2ccc(N)cc2)c1. The van der Waals surface area contributed by atoms with Crippen LogP contribution in [0.2, 0.25) is 0 Å². The van der Waals surface area contributed by atoms with Gasteiger partial charge >= 0.3 is 0 Å². The van der Waals surface area contributed by atoms with Crippen molar-refractivity contribution in [3.8, 4) is 17.1 Å². The summed E-state index contributed by atoms with van der Waals surface area (Å²) in [6.07, 6.45) is 0. The summed E-state index contributed by atoms with van der Waals surface area (Å²) in [5, 5.41) is 11.9. The minimum atomic E-state index is 0.549. The summed E-state index contributed by atoms with van der Waals surface area (Å²) >= 11 is 0. The van der Waals surface area contributed by atoms with Gasteiger partial charge in [0, 0.05) is 18.4 Å². The Labute approximate surface area is 122 Å². The average Bonchev–Trinajstić information content (AvgIpc) is 2.98. The molecule has 0 aliphatic carbocycles. The van der Waals surface area contributed by atoms with Crippen LogP contribution in [0.25, 0.3) is 17.1 Å². The highest BCUT2D eigenvalue weighted by molar-refractivity contribution is 5.60. The zero-order valence-corrected chi connectivity index (χ0v) is 11.6. The number of nitrogens with zero attached hydrogens (tertiary/aromatic N) is 4. The lowest BCUT2D eigenvalue weighted by Gasteiger charge is -2.07. The van der Waals surface area contributed by atoms with Gasteiger partial charge < -0.3 is 10.5 Å². The minimum Gasteiger partial charge on any atom is -0.399 e. The summed E-state index contributed by atoms with van der Waals surface area (Å²) in [6, 6.07) is 15.4. The van der Waals surface area contributed by atoms with Gasteiger partial charge in [0.25, 0.3) is 0 Å². The van der Waals surface area contributed by atoms with E-state index in [0.717, 1.165) is 16.8 Å². The van der Waals surface area contributed by atoms with Crippen LogP contribution in [-0.4, -0.2) is 27.3 Å². The fraction of sp³-hybridized carbons (Fsp3) is 0.133. The predicted octanol–water partition coefficient (Wildman–Crippen LogP) is 2.06. The molecule has 6 nitrogen and oxygen atoms in total. The molecule has 0 saturated carbocycles. The molecule has 3 aromatic rings. The molecule has 0 aliphatic rings. The normalized spacial score (nSPS) is 10.7. The van der Waals surface area contributed by atoms with E-state index in [2.05, 4.69) is 15.5 Å². The van der Waals surface area contributed by atoms with E-state index in [9.17, 15) is 0 Å². The molecule has 3 rings (SSSR count). The van der Waals surface area contributed by atoms with Gasteiger partial charge in [-0.05, 0) is 52.4 Å². The Morgan fingerprint density at radius 1 is 1.14 bits per heavy atom. The number of aromatic nitrogens is 4. The minimum absolute atomic E-state index is 0.549. The quantitative estimate of drug-likeness (QED) is 0.740. The molecule has 0 saturated heterocycles. The van der Waals surface area contributed by atoms with Crippen molar-refractivity contribution in [2.45, 2.75) is 6.61 Å². The molecular formula is C15H15N5O. The van der Waals surface area contributed by atoms with Crippen molar-refractivity contribution >= 4 is 5.69 Å². The van der Waals surface area contributed by atoms with Gasteiger partial charge in [-0.1, -0.05) is 12.1 Å². The summed E-state index contributed by atoms with van der Waals surface area (Å²) < 4.78 is 6.85. The largest absolute Gasteiger partial charge is 0.399 e. The molecule has 6 heteroatoms. The van der Waals surface area contributed by atoms with Gasteiger partial charge in [-0.25, -0.2) is 0 Å². The molecule has 0 fully saturated rings. The molecular weight excluding hydrogens is 266 g/mol. The number of tetrazole rings is 1. The van der Waals surface area contributed by atoms with Crippen molar-refractivity contribution in [3.05, 3.63) is 54.1 Å². The number of ether oxygens (including phenoxy) is 1. The highest BCUT2D eigenvalue weighted by Gasteiger charge is 2.10. The molecule has 21 heavy (non-hydrogen) atoms. The van der Waals surface area contributed by atoms with E-state index < -0.39 is 0 Å². The second-order valence-electron chi connectivity index (χ2n) is 4.64. The summed E-state index contributed by atoms with van der Waals surface area (Å²) in [4.78, 5) is 0. The Hall–Kier alpha value is -2.73. The number of methoxy groups -OCH3 is 1. The first kappa shape index (κ1) is 13.3. The summed E-state index contributed by atoms with van der Waals surface area (Å²) in [5.74, 6) is 0.671. The van der Waals surface area contributed by atoms with Crippen LogP contribution in [0.5, 0.6) is 0 Å². The van der Waals surface area contributed by atoms with Gasteiger partial charge in [-0.2, -0.15) is 4.68 Å². The molecule has 0 bridgehead atoms. The predicted molar refractivity (Wildman–Crippen MR) is 79.7 cm³/mol. The second-order valence-corrected chi connectivity index (χ2v) is 4.64. The summed E-state index contributed by atoms with van der Waals surface area (Å²) in [7, 11) is 1.67. The fourth-order valence-corrected chi connectivity index (χ4v) is 2.12. The van der Waals surface area contributed by atoms with Crippen LogP contribution >= 0.6 is 0 Å². The number of nitrogen functional groups attached to an aromatic ring is 1. The number of nitrogens with two attached hydrogens (primary N) is 1. The van der Waals surface area contributed by atoms with Crippen LogP contribution in [0.15, 0.2) is 48.5 Å². The van der Waals surface area contributed by atoms with Crippen molar-refractivity contribution < 1.29 is 4.74 Å². The highest BCUT2D eigenvalue weighted by Crippen LogP contribution is 2.21. The Bertz CT molecular complexity index is 736. The monoisotopic (exact) mass is 281 g/mol. The number of hydrogen-bond donors (Lipinski definition) is 1. The maximum Gasteiger partial charge on any atom is 0.187 e. The number of rotatable bonds is 4. The van der Waals surface area contributed by atoms with Gasteiger partial charge in [0.15, 0.2) is 5.82 Å². The Morgan fingerprint density at radius 2 is 1.95 bits per heavy atom. The second kappa shape index (κ2) is 5.72. The average molecular weight is 281 g/mol. The molecule has 0 radical (unpaired) electrons. The van der Waals surface area contributed by atoms with Crippen LogP contribution in [0.3, 0.4) is 0 Å². The van der Waals surface area contributed by atoms with Gasteiger partial charge in [-0.15, -0.1) is 5.10 Å². The lowest BCUT2D eigenvalue weighted by Crippen LogP contribution is -2.01. The molecule has 0 amide bonds. The van der Waals surface area contributed by atoms with Gasteiger partial charge in [0.2, 0.25) is 0 Å². The van der Waals surface area contributed by atoms with E-state index in [-0.39, 0.29) is 0 Å². The van der Waals surface area contributed by atoms with E-state index in [4.69, 9.17) is 10.5 Å². The van der Waals surface area contributed by atoms with E-state index in [1.807, 2.05) is 48.5 Å². The maximum atomic E-state index is 5.71. The lowest BCUT2D eigenvalue weighted by atomic mass is 10.2. The molecule has 1 heterocycles. The fourth-order valence-electron chi connectivity index (χ4n) is 2.12. The third-order valence-electron chi connectivity index (χ3n) is 3.10. The lowest BCUT2D eigenvalue weighted by molar-refractivity contribution is 0.185. The molecule has 0 aliphatic heterocycles. The molecule has 2 aromatic carbocycles. The van der Waals surface area contributed by atoms with Crippen molar-refractivity contribution in [1.29, 1.82) is 0 Å². The third kappa shape index (κ3) is 2.75. The van der Waals surface area contributed by atoms with E-state index in [0.29, 0.717) is 18.1 Å². The van der Waals surface area contributed by atoms with Crippen LogP contribution in [0.4, 0.5) is 5.69 Å². The Morgan fingerprint density at radius 3 is 2.71 bits per heavy atom. The smallest absolute Gasteiger partial charge is 0.187 e. The van der Waals surface area contributed by atoms with Crippen molar-refractivity contribution in [2.24, 2.45) is 0 Å². The first-order chi connectivity index (χ1) is 10.3. The third-order valence-corrected chi connectivity index (χ3v) is 3.10. The summed E-state index contributed by atoms with van der Waals surface area (Å²) in [5.41, 5.74) is 9.28. The molecule has 0 unspecified atom stereocenters. The van der Waals surface area contributed by atoms with Crippen LogP contribution < -0.4 is 5.73 Å². The first-order valence-corrected chi connectivity index (χ1v) is 6.50. The van der Waals surface area contributed by atoms with Crippen molar-refractivity contribution in [3.63, 3.8) is 0 Å². The standard InChI is InChI=1S/C15H15N5O/c1-21-10-11-3-2-4-14(9-11)20-15(17-18-19-20)12-5-7-13(16)8-6-12/h2-9H,10,16H2,1H3. The maximum absolute atomic E-state index is 5.71. The molecule has 1 aromatic heterocycles. The molecule has 0 spiro atoms. The summed E-state index contributed by atoms with van der Waals surface area (Å²) in [6.45, 7) is 0.549. The number of hydrogen-bond acceptors (Lipinski definition) is 5. The zero-order chi connectivity index (χ0) is 14.7. The topological polar surface area (TPSA) is 78.8 Å². The van der Waals surface area contributed by atoms with Gasteiger partial charge in [0.1, 0.15) is 0 Å². The van der Waals surface area contributed by atoms with Crippen LogP contribution in [0, 0.1) is 0 Å². The van der Waals surface area contributed by atoms with E-state index in [1.54, 1.807) is 11.8 Å². The zero-order valence-electron chi connectivity index (χ0n) is 11.6. The number of benzene rings is 2. The highest BCUT2D eigenvalue weighted by atomic mass is 16.5. The van der Waals surface area contributed by atoms with Crippen molar-refractivity contribution in [1.82, 2.24) is 20.2 Å². The van der Waals surface area contributed by atoms with Crippen LogP contribution in [-0.2, 0) is 11.3 Å². The van der Waals surface area contributed by atoms with Gasteiger partial charge in [0.05, 0.1) is 12.3 Å². The Kier molecular flexibility index (Phi) is 3.61. The molecule has 106 valence electrons. The van der Waals surface area contributed by atoms with Crippen LogP contribution in [0.1, 0.15) is 5.56 Å². The number of anilines is 1. The molecule has 0 atom stereocenters. The van der Waals surface area contributed by atoms with Crippen molar-refractivity contribution in [2.75, 3.05) is 12.8 Å². The Balaban J connectivity index is 2.02. The first-order valence-electron chi connectivity index (χ1n) is 6.50. The van der Waals surface area contributed by atoms with E-state index in [1.165, 1.54) is 0 Å². The van der Waals surface area contributed by atoms with Gasteiger partial charge in [-0.3, -0.25) is 0 Å².